The Labute approximate surface area is 97.4 Å². The van der Waals surface area contributed by atoms with Crippen LogP contribution in [0, 0.1) is 6.92 Å². The van der Waals surface area contributed by atoms with Gasteiger partial charge in [0.1, 0.15) is 0 Å². The smallest absolute Gasteiger partial charge is 0.0342 e. The van der Waals surface area contributed by atoms with E-state index in [9.17, 15) is 0 Å². The van der Waals surface area contributed by atoms with Crippen LogP contribution in [0.3, 0.4) is 0 Å². The summed E-state index contributed by atoms with van der Waals surface area (Å²) in [6.07, 6.45) is 5.31. The van der Waals surface area contributed by atoms with Crippen LogP contribution in [0.4, 0.5) is 5.69 Å². The minimum atomic E-state index is 0.668. The molecule has 0 radical (unpaired) electrons. The first-order valence-corrected chi connectivity index (χ1v) is 6.39. The van der Waals surface area contributed by atoms with Gasteiger partial charge in [0.15, 0.2) is 0 Å². The quantitative estimate of drug-likeness (QED) is 0.794. The zero-order valence-corrected chi connectivity index (χ0v) is 9.87. The maximum absolute atomic E-state index is 3.68. The van der Waals surface area contributed by atoms with Crippen molar-refractivity contribution in [2.24, 2.45) is 0 Å². The fourth-order valence-corrected chi connectivity index (χ4v) is 3.06. The summed E-state index contributed by atoms with van der Waals surface area (Å²) in [4.78, 5) is 0. The van der Waals surface area contributed by atoms with Crippen LogP contribution in [0.2, 0.25) is 0 Å². The molecule has 2 fully saturated rings. The Kier molecular flexibility index (Phi) is 2.60. The standard InChI is InChI=1S/C14H20N2/c1-10-2-4-11(5-3-10)15-14-8-12-6-7-13(9-14)16-12/h2-5,12-16H,6-9H2,1H3. The molecule has 2 heteroatoms. The number of rotatable bonds is 2. The highest BCUT2D eigenvalue weighted by atomic mass is 15.0. The predicted molar refractivity (Wildman–Crippen MR) is 67.8 cm³/mol. The summed E-state index contributed by atoms with van der Waals surface area (Å²) in [5.41, 5.74) is 2.60. The maximum Gasteiger partial charge on any atom is 0.0342 e. The zero-order valence-electron chi connectivity index (χ0n) is 9.87. The van der Waals surface area contributed by atoms with E-state index in [1.807, 2.05) is 0 Å². The lowest BCUT2D eigenvalue weighted by molar-refractivity contribution is 0.378. The number of nitrogens with one attached hydrogen (secondary N) is 2. The largest absolute Gasteiger partial charge is 0.382 e. The predicted octanol–water partition coefficient (Wildman–Crippen LogP) is 2.69. The van der Waals surface area contributed by atoms with Gasteiger partial charge in [-0.15, -0.1) is 0 Å². The molecule has 2 atom stereocenters. The molecule has 3 rings (SSSR count). The van der Waals surface area contributed by atoms with Crippen LogP contribution in [0.25, 0.3) is 0 Å². The van der Waals surface area contributed by atoms with E-state index >= 15 is 0 Å². The maximum atomic E-state index is 3.68. The number of aryl methyl sites for hydroxylation is 1. The van der Waals surface area contributed by atoms with Gasteiger partial charge in [-0.25, -0.2) is 0 Å². The normalized spacial score (nSPS) is 32.7. The van der Waals surface area contributed by atoms with E-state index in [-0.39, 0.29) is 0 Å². The summed E-state index contributed by atoms with van der Waals surface area (Å²) in [6, 6.07) is 10.9. The molecule has 2 N–H and O–H groups in total. The third kappa shape index (κ3) is 2.07. The molecule has 0 saturated carbocycles. The van der Waals surface area contributed by atoms with Gasteiger partial charge in [0.05, 0.1) is 0 Å². The first-order valence-electron chi connectivity index (χ1n) is 6.39. The Morgan fingerprint density at radius 2 is 1.69 bits per heavy atom. The molecule has 0 aromatic heterocycles. The molecule has 86 valence electrons. The molecule has 2 bridgehead atoms. The van der Waals surface area contributed by atoms with Crippen LogP contribution in [0.1, 0.15) is 31.2 Å². The Bertz CT molecular complexity index is 346. The van der Waals surface area contributed by atoms with Gasteiger partial charge in [0.2, 0.25) is 0 Å². The lowest BCUT2D eigenvalue weighted by Crippen LogP contribution is -2.43. The van der Waals surface area contributed by atoms with Crippen LogP contribution >= 0.6 is 0 Å². The molecule has 2 saturated heterocycles. The summed E-state index contributed by atoms with van der Waals surface area (Å²) in [7, 11) is 0. The van der Waals surface area contributed by atoms with Crippen LogP contribution < -0.4 is 10.6 Å². The van der Waals surface area contributed by atoms with Gasteiger partial charge in [-0.05, 0) is 44.7 Å². The van der Waals surface area contributed by atoms with Crippen LogP contribution in [0.15, 0.2) is 24.3 Å². The Morgan fingerprint density at radius 3 is 2.31 bits per heavy atom. The average molecular weight is 216 g/mol. The number of piperidine rings is 1. The molecule has 16 heavy (non-hydrogen) atoms. The topological polar surface area (TPSA) is 24.1 Å². The molecule has 0 spiro atoms. The lowest BCUT2D eigenvalue weighted by Gasteiger charge is -2.30. The second kappa shape index (κ2) is 4.10. The molecule has 0 aliphatic carbocycles. The van der Waals surface area contributed by atoms with E-state index in [4.69, 9.17) is 0 Å². The SMILES string of the molecule is Cc1ccc(NC2CC3CCC(C2)N3)cc1. The molecular formula is C14H20N2. The second-order valence-corrected chi connectivity index (χ2v) is 5.32. The summed E-state index contributed by atoms with van der Waals surface area (Å²) in [6.45, 7) is 2.13. The summed E-state index contributed by atoms with van der Waals surface area (Å²) in [5.74, 6) is 0. The van der Waals surface area contributed by atoms with Gasteiger partial charge >= 0.3 is 0 Å². The van der Waals surface area contributed by atoms with Gasteiger partial charge in [-0.3, -0.25) is 0 Å². The molecule has 2 aliphatic rings. The first-order chi connectivity index (χ1) is 7.79. The van der Waals surface area contributed by atoms with Gasteiger partial charge < -0.3 is 10.6 Å². The Balaban J connectivity index is 1.64. The number of anilines is 1. The van der Waals surface area contributed by atoms with E-state index in [1.54, 1.807) is 0 Å². The molecular weight excluding hydrogens is 196 g/mol. The average Bonchev–Trinajstić information content (AvgIpc) is 2.62. The third-order valence-corrected chi connectivity index (χ3v) is 3.90. The van der Waals surface area contributed by atoms with Gasteiger partial charge in [0.25, 0.3) is 0 Å². The van der Waals surface area contributed by atoms with Gasteiger partial charge in [-0.1, -0.05) is 17.7 Å². The van der Waals surface area contributed by atoms with Crippen molar-refractivity contribution in [3.63, 3.8) is 0 Å². The van der Waals surface area contributed by atoms with Gasteiger partial charge in [0, 0.05) is 23.8 Å². The highest BCUT2D eigenvalue weighted by Gasteiger charge is 2.33. The van der Waals surface area contributed by atoms with Crippen LogP contribution in [-0.2, 0) is 0 Å². The van der Waals surface area contributed by atoms with E-state index in [2.05, 4.69) is 41.8 Å². The van der Waals surface area contributed by atoms with E-state index < -0.39 is 0 Å². The lowest BCUT2D eigenvalue weighted by atomic mass is 9.99. The van der Waals surface area contributed by atoms with Crippen molar-refractivity contribution in [2.75, 3.05) is 5.32 Å². The fraction of sp³-hybridized carbons (Fsp3) is 0.571. The highest BCUT2D eigenvalue weighted by molar-refractivity contribution is 5.45. The van der Waals surface area contributed by atoms with Crippen molar-refractivity contribution in [3.05, 3.63) is 29.8 Å². The molecule has 0 amide bonds. The summed E-state index contributed by atoms with van der Waals surface area (Å²) < 4.78 is 0. The van der Waals surface area contributed by atoms with Gasteiger partial charge in [-0.2, -0.15) is 0 Å². The third-order valence-electron chi connectivity index (χ3n) is 3.90. The van der Waals surface area contributed by atoms with Crippen molar-refractivity contribution < 1.29 is 0 Å². The minimum absolute atomic E-state index is 0.668. The first kappa shape index (κ1) is 10.2. The van der Waals surface area contributed by atoms with E-state index in [0.717, 1.165) is 12.1 Å². The Hall–Kier alpha value is -1.02. The summed E-state index contributed by atoms with van der Waals surface area (Å²) >= 11 is 0. The molecule has 2 nitrogen and oxygen atoms in total. The monoisotopic (exact) mass is 216 g/mol. The molecule has 2 aliphatic heterocycles. The van der Waals surface area contributed by atoms with Crippen LogP contribution in [-0.4, -0.2) is 18.1 Å². The van der Waals surface area contributed by atoms with Crippen molar-refractivity contribution in [3.8, 4) is 0 Å². The second-order valence-electron chi connectivity index (χ2n) is 5.32. The molecule has 2 unspecified atom stereocenters. The number of hydrogen-bond acceptors (Lipinski definition) is 2. The molecule has 2 heterocycles. The van der Waals surface area contributed by atoms with Crippen molar-refractivity contribution >= 4 is 5.69 Å². The number of benzene rings is 1. The molecule has 1 aromatic rings. The van der Waals surface area contributed by atoms with E-state index in [1.165, 1.54) is 36.9 Å². The van der Waals surface area contributed by atoms with Crippen molar-refractivity contribution in [2.45, 2.75) is 50.7 Å². The summed E-state index contributed by atoms with van der Waals surface area (Å²) in [5, 5.41) is 7.34. The van der Waals surface area contributed by atoms with Crippen LogP contribution in [0.5, 0.6) is 0 Å². The van der Waals surface area contributed by atoms with Crippen molar-refractivity contribution in [1.29, 1.82) is 0 Å². The Morgan fingerprint density at radius 1 is 1.06 bits per heavy atom. The van der Waals surface area contributed by atoms with Crippen molar-refractivity contribution in [1.82, 2.24) is 5.32 Å². The fourth-order valence-electron chi connectivity index (χ4n) is 3.06. The zero-order chi connectivity index (χ0) is 11.0. The molecule has 1 aromatic carbocycles. The number of hydrogen-bond donors (Lipinski definition) is 2. The minimum Gasteiger partial charge on any atom is -0.382 e. The highest BCUT2D eigenvalue weighted by Crippen LogP contribution is 2.28. The number of fused-ring (bicyclic) bond motifs is 2. The van der Waals surface area contributed by atoms with E-state index in [0.29, 0.717) is 6.04 Å².